The summed E-state index contributed by atoms with van der Waals surface area (Å²) in [4.78, 5) is 15.3. The molecule has 0 saturated carbocycles. The highest BCUT2D eigenvalue weighted by Crippen LogP contribution is 2.35. The standard InChI is InChI=1S/C20H19NO5S/c1-24-16-7-8-17(20-21-14(13-27-20)11-19(22)23)18(12-16)26-10-9-25-15-5-3-2-4-6-15/h2-8,12-13H,9-11H2,1H3,(H,22,23). The number of methoxy groups -OCH3 is 1. The Hall–Kier alpha value is -3.06. The number of nitrogens with zero attached hydrogens (tertiary/aromatic N) is 1. The first-order chi connectivity index (χ1) is 13.2. The Labute approximate surface area is 161 Å². The zero-order valence-electron chi connectivity index (χ0n) is 14.8. The predicted octanol–water partition coefficient (Wildman–Crippen LogP) is 3.90. The maximum Gasteiger partial charge on any atom is 0.309 e. The topological polar surface area (TPSA) is 77.9 Å². The number of aliphatic carboxylic acids is 1. The number of carboxylic acids is 1. The fraction of sp³-hybridized carbons (Fsp3) is 0.200. The van der Waals surface area contributed by atoms with E-state index in [0.717, 1.165) is 11.3 Å². The average Bonchev–Trinajstić information content (AvgIpc) is 3.13. The third-order valence-corrected chi connectivity index (χ3v) is 4.58. The molecule has 140 valence electrons. The van der Waals surface area contributed by atoms with E-state index in [1.165, 1.54) is 11.3 Å². The predicted molar refractivity (Wildman–Crippen MR) is 103 cm³/mol. The molecule has 0 aliphatic rings. The fourth-order valence-corrected chi connectivity index (χ4v) is 3.27. The first-order valence-corrected chi connectivity index (χ1v) is 9.19. The molecular weight excluding hydrogens is 366 g/mol. The van der Waals surface area contributed by atoms with Crippen LogP contribution in [0.4, 0.5) is 0 Å². The van der Waals surface area contributed by atoms with Gasteiger partial charge in [0, 0.05) is 11.4 Å². The monoisotopic (exact) mass is 385 g/mol. The number of benzene rings is 2. The molecule has 0 fully saturated rings. The zero-order valence-corrected chi connectivity index (χ0v) is 15.6. The van der Waals surface area contributed by atoms with E-state index in [0.29, 0.717) is 35.4 Å². The first kappa shape index (κ1) is 18.7. The summed E-state index contributed by atoms with van der Waals surface area (Å²) in [6.07, 6.45) is -0.103. The lowest BCUT2D eigenvalue weighted by Gasteiger charge is -2.12. The van der Waals surface area contributed by atoms with Crippen LogP contribution in [0.15, 0.2) is 53.9 Å². The second-order valence-corrected chi connectivity index (χ2v) is 6.44. The van der Waals surface area contributed by atoms with E-state index in [4.69, 9.17) is 19.3 Å². The van der Waals surface area contributed by atoms with Gasteiger partial charge in [-0.2, -0.15) is 0 Å². The van der Waals surface area contributed by atoms with Gasteiger partial charge in [0.1, 0.15) is 35.5 Å². The van der Waals surface area contributed by atoms with Crippen molar-refractivity contribution in [3.63, 3.8) is 0 Å². The molecule has 0 amide bonds. The molecule has 0 radical (unpaired) electrons. The molecule has 6 nitrogen and oxygen atoms in total. The molecule has 27 heavy (non-hydrogen) atoms. The maximum absolute atomic E-state index is 10.9. The highest BCUT2D eigenvalue weighted by Gasteiger charge is 2.13. The molecule has 0 aliphatic carbocycles. The quantitative estimate of drug-likeness (QED) is 0.563. The van der Waals surface area contributed by atoms with Crippen LogP contribution in [0.25, 0.3) is 10.6 Å². The molecule has 1 aromatic heterocycles. The summed E-state index contributed by atoms with van der Waals surface area (Å²) in [5.74, 6) is 1.16. The van der Waals surface area contributed by atoms with Crippen molar-refractivity contribution in [3.8, 4) is 27.8 Å². The number of ether oxygens (including phenoxy) is 3. The fourth-order valence-electron chi connectivity index (χ4n) is 2.42. The van der Waals surface area contributed by atoms with Crippen molar-refractivity contribution in [2.24, 2.45) is 0 Å². The molecule has 7 heteroatoms. The molecular formula is C20H19NO5S. The van der Waals surface area contributed by atoms with Gasteiger partial charge in [0.15, 0.2) is 0 Å². The summed E-state index contributed by atoms with van der Waals surface area (Å²) in [5, 5.41) is 11.4. The van der Waals surface area contributed by atoms with Gasteiger partial charge in [0.25, 0.3) is 0 Å². The van der Waals surface area contributed by atoms with Crippen LogP contribution in [0.3, 0.4) is 0 Å². The molecule has 0 unspecified atom stereocenters. The van der Waals surface area contributed by atoms with Crippen LogP contribution in [0.2, 0.25) is 0 Å². The summed E-state index contributed by atoms with van der Waals surface area (Å²) in [7, 11) is 1.59. The third kappa shape index (κ3) is 5.21. The Morgan fingerprint density at radius 2 is 1.85 bits per heavy atom. The van der Waals surface area contributed by atoms with Crippen LogP contribution >= 0.6 is 11.3 Å². The van der Waals surface area contributed by atoms with Gasteiger partial charge in [-0.05, 0) is 24.3 Å². The van der Waals surface area contributed by atoms with Crippen molar-refractivity contribution in [3.05, 3.63) is 59.6 Å². The SMILES string of the molecule is COc1ccc(-c2nc(CC(=O)O)cs2)c(OCCOc2ccccc2)c1. The van der Waals surface area contributed by atoms with E-state index in [1.54, 1.807) is 18.6 Å². The van der Waals surface area contributed by atoms with Gasteiger partial charge in [-0.15, -0.1) is 11.3 Å². The lowest BCUT2D eigenvalue weighted by molar-refractivity contribution is -0.136. The minimum absolute atomic E-state index is 0.103. The third-order valence-electron chi connectivity index (χ3n) is 3.66. The van der Waals surface area contributed by atoms with Crippen LogP contribution in [-0.4, -0.2) is 36.4 Å². The zero-order chi connectivity index (χ0) is 19.1. The second-order valence-electron chi connectivity index (χ2n) is 5.59. The minimum Gasteiger partial charge on any atom is -0.497 e. The number of carboxylic acid groups (broad SMARTS) is 1. The highest BCUT2D eigenvalue weighted by molar-refractivity contribution is 7.13. The Bertz CT molecular complexity index is 894. The number of carbonyl (C=O) groups is 1. The van der Waals surface area contributed by atoms with Crippen molar-refractivity contribution in [1.29, 1.82) is 0 Å². The molecule has 3 aromatic rings. The molecule has 0 saturated heterocycles. The largest absolute Gasteiger partial charge is 0.497 e. The van der Waals surface area contributed by atoms with E-state index >= 15 is 0 Å². The summed E-state index contributed by atoms with van der Waals surface area (Å²) in [5.41, 5.74) is 1.31. The molecule has 1 N–H and O–H groups in total. The Kier molecular flexibility index (Phi) is 6.27. The smallest absolute Gasteiger partial charge is 0.309 e. The molecule has 1 heterocycles. The first-order valence-electron chi connectivity index (χ1n) is 8.31. The Morgan fingerprint density at radius 1 is 1.07 bits per heavy atom. The van der Waals surface area contributed by atoms with Gasteiger partial charge >= 0.3 is 5.97 Å². The van der Waals surface area contributed by atoms with Crippen LogP contribution in [0, 0.1) is 0 Å². The number of hydrogen-bond donors (Lipinski definition) is 1. The summed E-state index contributed by atoms with van der Waals surface area (Å²) < 4.78 is 16.8. The van der Waals surface area contributed by atoms with Crippen molar-refractivity contribution in [1.82, 2.24) is 4.98 Å². The van der Waals surface area contributed by atoms with Gasteiger partial charge in [-0.3, -0.25) is 4.79 Å². The second kappa shape index (κ2) is 9.05. The van der Waals surface area contributed by atoms with Gasteiger partial charge < -0.3 is 19.3 Å². The van der Waals surface area contributed by atoms with Crippen LogP contribution in [0.1, 0.15) is 5.69 Å². The number of hydrogen-bond acceptors (Lipinski definition) is 6. The molecule has 2 aromatic carbocycles. The van der Waals surface area contributed by atoms with Gasteiger partial charge in [0.05, 0.1) is 24.8 Å². The summed E-state index contributed by atoms with van der Waals surface area (Å²) in [6.45, 7) is 0.741. The van der Waals surface area contributed by atoms with E-state index in [-0.39, 0.29) is 6.42 Å². The van der Waals surface area contributed by atoms with E-state index in [9.17, 15) is 4.79 Å². The normalized spacial score (nSPS) is 10.4. The highest BCUT2D eigenvalue weighted by atomic mass is 32.1. The number of thiazole rings is 1. The molecule has 0 aliphatic heterocycles. The van der Waals surface area contributed by atoms with Crippen LogP contribution < -0.4 is 14.2 Å². The van der Waals surface area contributed by atoms with E-state index in [1.807, 2.05) is 42.5 Å². The van der Waals surface area contributed by atoms with Crippen molar-refractivity contribution in [2.75, 3.05) is 20.3 Å². The molecule has 3 rings (SSSR count). The number of rotatable bonds is 9. The van der Waals surface area contributed by atoms with E-state index in [2.05, 4.69) is 4.98 Å². The Balaban J connectivity index is 1.71. The van der Waals surface area contributed by atoms with Crippen LogP contribution in [-0.2, 0) is 11.2 Å². The van der Waals surface area contributed by atoms with Crippen molar-refractivity contribution in [2.45, 2.75) is 6.42 Å². The maximum atomic E-state index is 10.9. The Morgan fingerprint density at radius 3 is 2.59 bits per heavy atom. The summed E-state index contributed by atoms with van der Waals surface area (Å²) >= 11 is 1.38. The minimum atomic E-state index is -0.906. The average molecular weight is 385 g/mol. The van der Waals surface area contributed by atoms with Gasteiger partial charge in [0.2, 0.25) is 0 Å². The van der Waals surface area contributed by atoms with Gasteiger partial charge in [-0.25, -0.2) is 4.98 Å². The van der Waals surface area contributed by atoms with E-state index < -0.39 is 5.97 Å². The lowest BCUT2D eigenvalue weighted by atomic mass is 10.2. The van der Waals surface area contributed by atoms with Gasteiger partial charge in [-0.1, -0.05) is 18.2 Å². The molecule has 0 spiro atoms. The van der Waals surface area contributed by atoms with Crippen LogP contribution in [0.5, 0.6) is 17.2 Å². The lowest BCUT2D eigenvalue weighted by Crippen LogP contribution is -2.09. The van der Waals surface area contributed by atoms with Crippen molar-refractivity contribution < 1.29 is 24.1 Å². The molecule has 0 atom stereocenters. The number of para-hydroxylation sites is 1. The molecule has 0 bridgehead atoms. The van der Waals surface area contributed by atoms with Crippen molar-refractivity contribution >= 4 is 17.3 Å². The summed E-state index contributed by atoms with van der Waals surface area (Å²) in [6, 6.07) is 15.0. The number of aromatic nitrogens is 1.